The van der Waals surface area contributed by atoms with Crippen LogP contribution in [0.4, 0.5) is 11.4 Å². The highest BCUT2D eigenvalue weighted by molar-refractivity contribution is 6.15. The molecule has 0 fully saturated rings. The number of anilines is 2. The molecule has 0 radical (unpaired) electrons. The summed E-state index contributed by atoms with van der Waals surface area (Å²) >= 11 is 0. The third-order valence-corrected chi connectivity index (χ3v) is 7.91. The number of hydrogen-bond acceptors (Lipinski definition) is 1. The largest absolute Gasteiger partial charge is 0.310 e. The van der Waals surface area contributed by atoms with E-state index in [0.29, 0.717) is 0 Å². The molecule has 0 bridgehead atoms. The van der Waals surface area contributed by atoms with Gasteiger partial charge in [0.2, 0.25) is 0 Å². The number of para-hydroxylation sites is 2. The van der Waals surface area contributed by atoms with Gasteiger partial charge in [-0.3, -0.25) is 0 Å². The van der Waals surface area contributed by atoms with Crippen LogP contribution in [0, 0.1) is 6.92 Å². The molecule has 1 nitrogen and oxygen atoms in total. The normalized spacial score (nSPS) is 11.2. The van der Waals surface area contributed by atoms with Crippen LogP contribution in [0.1, 0.15) is 11.1 Å². The van der Waals surface area contributed by atoms with E-state index in [2.05, 4.69) is 158 Å². The van der Waals surface area contributed by atoms with Crippen LogP contribution in [0.5, 0.6) is 0 Å². The summed E-state index contributed by atoms with van der Waals surface area (Å²) in [4.78, 5) is 2.25. The lowest BCUT2D eigenvalue weighted by Gasteiger charge is -2.29. The van der Waals surface area contributed by atoms with Crippen molar-refractivity contribution in [2.75, 3.05) is 4.90 Å². The number of hydrogen-bond donors (Lipinski definition) is 0. The van der Waals surface area contributed by atoms with E-state index in [-0.39, 0.29) is 0 Å². The van der Waals surface area contributed by atoms with E-state index in [4.69, 9.17) is 0 Å². The van der Waals surface area contributed by atoms with Gasteiger partial charge in [0.05, 0.1) is 0 Å². The Balaban J connectivity index is 1.30. The molecule has 0 heterocycles. The predicted molar refractivity (Wildman–Crippen MR) is 173 cm³/mol. The zero-order valence-corrected chi connectivity index (χ0v) is 22.5. The topological polar surface area (TPSA) is 3.24 Å². The van der Waals surface area contributed by atoms with Crippen LogP contribution in [0.2, 0.25) is 0 Å². The summed E-state index contributed by atoms with van der Waals surface area (Å²) in [5.74, 6) is 0. The van der Waals surface area contributed by atoms with E-state index < -0.39 is 0 Å². The molecule has 0 atom stereocenters. The molecule has 7 aromatic carbocycles. The summed E-state index contributed by atoms with van der Waals surface area (Å²) in [6, 6.07) is 52.1. The molecule has 0 spiro atoms. The minimum absolute atomic E-state index is 0.947. The van der Waals surface area contributed by atoms with Gasteiger partial charge < -0.3 is 4.90 Å². The number of benzene rings is 7. The summed E-state index contributed by atoms with van der Waals surface area (Å²) in [6.07, 6.45) is 0. The fraction of sp³-hybridized carbons (Fsp3) is 0.0256. The molecule has 0 aromatic heterocycles. The van der Waals surface area contributed by atoms with Gasteiger partial charge in [-0.2, -0.15) is 0 Å². The number of aryl methyl sites for hydroxylation is 1. The first kappa shape index (κ1) is 23.9. The van der Waals surface area contributed by atoms with Gasteiger partial charge in [0, 0.05) is 17.1 Å². The monoisotopic (exact) mass is 511 g/mol. The maximum absolute atomic E-state index is 4.56. The average molecular weight is 512 g/mol. The second kappa shape index (κ2) is 9.87. The van der Waals surface area contributed by atoms with E-state index in [9.17, 15) is 0 Å². The Morgan fingerprint density at radius 2 is 1.23 bits per heavy atom. The molecule has 0 N–H and O–H groups in total. The summed E-state index contributed by atoms with van der Waals surface area (Å²) < 4.78 is 0. The SMILES string of the molecule is C=C(c1ccc(-c2cccc3c2ccc2cc4ccccc4cc23)cc1)N(c1ccccc1)c1ccccc1C. The molecular formula is C39H29N. The first-order chi connectivity index (χ1) is 19.7. The lowest BCUT2D eigenvalue weighted by atomic mass is 9.93. The average Bonchev–Trinajstić information content (AvgIpc) is 3.01. The Kier molecular flexibility index (Phi) is 5.91. The van der Waals surface area contributed by atoms with Gasteiger partial charge in [-0.05, 0) is 91.8 Å². The molecule has 190 valence electrons. The lowest BCUT2D eigenvalue weighted by molar-refractivity contribution is 1.26. The van der Waals surface area contributed by atoms with E-state index >= 15 is 0 Å². The van der Waals surface area contributed by atoms with Gasteiger partial charge in [-0.1, -0.05) is 122 Å². The molecular weight excluding hydrogens is 482 g/mol. The van der Waals surface area contributed by atoms with E-state index in [1.807, 2.05) is 6.07 Å². The molecule has 7 aromatic rings. The first-order valence-corrected chi connectivity index (χ1v) is 13.7. The highest BCUT2D eigenvalue weighted by atomic mass is 15.1. The molecule has 0 aliphatic heterocycles. The van der Waals surface area contributed by atoms with Gasteiger partial charge in [-0.15, -0.1) is 0 Å². The Bertz CT molecular complexity index is 2020. The van der Waals surface area contributed by atoms with Crippen LogP contribution in [0.15, 0.2) is 152 Å². The van der Waals surface area contributed by atoms with Gasteiger partial charge in [-0.25, -0.2) is 0 Å². The van der Waals surface area contributed by atoms with Gasteiger partial charge in [0.15, 0.2) is 0 Å². The van der Waals surface area contributed by atoms with Crippen molar-refractivity contribution in [2.45, 2.75) is 6.92 Å². The molecule has 0 aliphatic carbocycles. The third-order valence-electron chi connectivity index (χ3n) is 7.91. The Morgan fingerprint density at radius 1 is 0.525 bits per heavy atom. The zero-order chi connectivity index (χ0) is 27.1. The van der Waals surface area contributed by atoms with Crippen molar-refractivity contribution < 1.29 is 0 Å². The zero-order valence-electron chi connectivity index (χ0n) is 22.5. The summed E-state index contributed by atoms with van der Waals surface area (Å²) in [5, 5.41) is 7.66. The van der Waals surface area contributed by atoms with Gasteiger partial charge in [0.25, 0.3) is 0 Å². The van der Waals surface area contributed by atoms with Crippen LogP contribution >= 0.6 is 0 Å². The number of rotatable bonds is 5. The molecule has 7 rings (SSSR count). The number of fused-ring (bicyclic) bond motifs is 4. The van der Waals surface area contributed by atoms with E-state index in [0.717, 1.165) is 22.6 Å². The second-order valence-corrected chi connectivity index (χ2v) is 10.4. The maximum atomic E-state index is 4.56. The Labute approximate surface area is 235 Å². The quantitative estimate of drug-likeness (QED) is 0.164. The molecule has 0 unspecified atom stereocenters. The molecule has 0 saturated heterocycles. The number of nitrogens with zero attached hydrogens (tertiary/aromatic N) is 1. The lowest BCUT2D eigenvalue weighted by Crippen LogP contribution is -2.15. The highest BCUT2D eigenvalue weighted by Crippen LogP contribution is 2.38. The molecule has 0 aliphatic rings. The summed E-state index contributed by atoms with van der Waals surface area (Å²) in [5.41, 5.74) is 7.92. The van der Waals surface area contributed by atoms with Crippen molar-refractivity contribution in [3.63, 3.8) is 0 Å². The predicted octanol–water partition coefficient (Wildman–Crippen LogP) is 10.9. The maximum Gasteiger partial charge on any atom is 0.0490 e. The molecule has 0 amide bonds. The standard InChI is InChI=1S/C39H29N/c1-27-11-6-9-18-39(27)40(34-14-4-3-5-15-34)28(2)29-19-21-30(22-20-29)35-16-10-17-36-37(35)24-23-33-25-31-12-7-8-13-32(31)26-38(33)36/h3-26H,2H2,1H3. The molecule has 0 saturated carbocycles. The van der Waals surface area contributed by atoms with Crippen LogP contribution in [-0.4, -0.2) is 0 Å². The van der Waals surface area contributed by atoms with Crippen LogP contribution in [0.3, 0.4) is 0 Å². The van der Waals surface area contributed by atoms with Crippen molar-refractivity contribution >= 4 is 49.4 Å². The van der Waals surface area contributed by atoms with E-state index in [1.165, 1.54) is 49.0 Å². The minimum Gasteiger partial charge on any atom is -0.310 e. The van der Waals surface area contributed by atoms with Gasteiger partial charge in [0.1, 0.15) is 0 Å². The van der Waals surface area contributed by atoms with E-state index in [1.54, 1.807) is 0 Å². The fourth-order valence-electron chi connectivity index (χ4n) is 5.84. The first-order valence-electron chi connectivity index (χ1n) is 13.7. The Hall–Kier alpha value is -5.14. The smallest absolute Gasteiger partial charge is 0.0490 e. The summed E-state index contributed by atoms with van der Waals surface area (Å²) in [7, 11) is 0. The molecule has 1 heteroatoms. The van der Waals surface area contributed by atoms with Crippen molar-refractivity contribution in [1.29, 1.82) is 0 Å². The second-order valence-electron chi connectivity index (χ2n) is 10.4. The van der Waals surface area contributed by atoms with Crippen molar-refractivity contribution in [3.8, 4) is 11.1 Å². The fourth-order valence-corrected chi connectivity index (χ4v) is 5.84. The minimum atomic E-state index is 0.947. The van der Waals surface area contributed by atoms with Gasteiger partial charge >= 0.3 is 0 Å². The highest BCUT2D eigenvalue weighted by Gasteiger charge is 2.17. The van der Waals surface area contributed by atoms with Crippen LogP contribution in [0.25, 0.3) is 49.1 Å². The Morgan fingerprint density at radius 3 is 2.00 bits per heavy atom. The third kappa shape index (κ3) is 4.13. The van der Waals surface area contributed by atoms with Crippen LogP contribution < -0.4 is 4.90 Å². The van der Waals surface area contributed by atoms with Crippen molar-refractivity contribution in [3.05, 3.63) is 163 Å². The van der Waals surface area contributed by atoms with Crippen molar-refractivity contribution in [1.82, 2.24) is 0 Å². The van der Waals surface area contributed by atoms with Crippen LogP contribution in [-0.2, 0) is 0 Å². The summed E-state index contributed by atoms with van der Waals surface area (Å²) in [6.45, 7) is 6.70. The molecule has 40 heavy (non-hydrogen) atoms. The van der Waals surface area contributed by atoms with Crippen molar-refractivity contribution in [2.24, 2.45) is 0 Å².